The van der Waals surface area contributed by atoms with E-state index in [1.54, 1.807) is 11.4 Å². The van der Waals surface area contributed by atoms with Gasteiger partial charge in [-0.05, 0) is 30.0 Å². The van der Waals surface area contributed by atoms with E-state index in [0.717, 1.165) is 24.2 Å². The first-order valence-corrected chi connectivity index (χ1v) is 9.65. The Bertz CT molecular complexity index is 800. The molecule has 0 atom stereocenters. The number of thiophene rings is 1. The zero-order valence-electron chi connectivity index (χ0n) is 13.0. The van der Waals surface area contributed by atoms with Gasteiger partial charge in [-0.1, -0.05) is 19.4 Å². The maximum atomic E-state index is 12.0. The molecule has 2 rings (SSSR count). The fourth-order valence-corrected chi connectivity index (χ4v) is 3.75. The number of hydrogen-bond donors (Lipinski definition) is 2. The first-order valence-electron chi connectivity index (χ1n) is 7.29. The largest absolute Gasteiger partial charge is 0.351 e. The highest BCUT2D eigenvalue weighted by Gasteiger charge is 2.20. The van der Waals surface area contributed by atoms with Crippen LogP contribution in [0.25, 0.3) is 0 Å². The number of unbranched alkanes of at least 4 members (excludes halogenated alkanes) is 1. The average Bonchev–Trinajstić information content (AvgIpc) is 3.10. The Labute approximate surface area is 144 Å². The molecular formula is C15H17N3O4S2. The van der Waals surface area contributed by atoms with Crippen molar-refractivity contribution in [2.45, 2.75) is 24.0 Å². The molecule has 2 aromatic rings. The van der Waals surface area contributed by atoms with E-state index in [1.165, 1.54) is 24.4 Å². The average molecular weight is 367 g/mol. The molecule has 0 saturated heterocycles. The van der Waals surface area contributed by atoms with Crippen LogP contribution in [0.2, 0.25) is 0 Å². The fraction of sp³-hybridized carbons (Fsp3) is 0.267. The minimum Gasteiger partial charge on any atom is -0.351 e. The Balaban J connectivity index is 2.02. The van der Waals surface area contributed by atoms with Gasteiger partial charge >= 0.3 is 0 Å². The topological polar surface area (TPSA) is 105 Å². The minimum absolute atomic E-state index is 0.0516. The van der Waals surface area contributed by atoms with Crippen molar-refractivity contribution in [3.05, 3.63) is 47.1 Å². The third-order valence-corrected chi connectivity index (χ3v) is 5.79. The molecule has 0 unspecified atom stereocenters. The second-order valence-electron chi connectivity index (χ2n) is 4.91. The lowest BCUT2D eigenvalue weighted by Crippen LogP contribution is -2.30. The minimum atomic E-state index is -3.89. The van der Waals surface area contributed by atoms with Gasteiger partial charge in [0.2, 0.25) is 0 Å². The third kappa shape index (κ3) is 4.62. The monoisotopic (exact) mass is 367 g/mol. The summed E-state index contributed by atoms with van der Waals surface area (Å²) in [6.07, 6.45) is 3.01. The summed E-state index contributed by atoms with van der Waals surface area (Å²) in [5.74, 6) is -1.13. The highest BCUT2D eigenvalue weighted by molar-refractivity contribution is 7.92. The van der Waals surface area contributed by atoms with Crippen molar-refractivity contribution in [1.82, 2.24) is 15.0 Å². The van der Waals surface area contributed by atoms with Gasteiger partial charge in [0.15, 0.2) is 0 Å². The predicted molar refractivity (Wildman–Crippen MR) is 90.4 cm³/mol. The van der Waals surface area contributed by atoms with Crippen LogP contribution in [0.5, 0.6) is 0 Å². The van der Waals surface area contributed by atoms with E-state index < -0.39 is 15.9 Å². The Morgan fingerprint density at radius 2 is 2.00 bits per heavy atom. The van der Waals surface area contributed by atoms with Crippen LogP contribution in [-0.4, -0.2) is 31.8 Å². The van der Waals surface area contributed by atoms with Crippen LogP contribution in [0.4, 0.5) is 0 Å². The second kappa shape index (κ2) is 8.02. The number of carbonyl (C=O) groups is 2. The summed E-state index contributed by atoms with van der Waals surface area (Å²) < 4.78 is 26.0. The number of nitrogens with one attached hydrogen (secondary N) is 2. The normalized spacial score (nSPS) is 11.0. The van der Waals surface area contributed by atoms with Crippen molar-refractivity contribution < 1.29 is 18.0 Å². The number of aromatic nitrogens is 1. The molecule has 0 aliphatic heterocycles. The van der Waals surface area contributed by atoms with Crippen LogP contribution in [0.1, 0.15) is 40.6 Å². The summed E-state index contributed by atoms with van der Waals surface area (Å²) in [6, 6.07) is 5.73. The van der Waals surface area contributed by atoms with E-state index >= 15 is 0 Å². The van der Waals surface area contributed by atoms with Gasteiger partial charge in [0.25, 0.3) is 21.8 Å². The molecule has 0 bridgehead atoms. The predicted octanol–water partition coefficient (Wildman–Crippen LogP) is 1.79. The molecule has 0 aliphatic rings. The van der Waals surface area contributed by atoms with Crippen LogP contribution in [-0.2, 0) is 10.0 Å². The summed E-state index contributed by atoms with van der Waals surface area (Å²) in [6.45, 7) is 2.57. The molecule has 2 heterocycles. The standard InChI is InChI=1S/C15H17N3O4S2/c1-2-3-8-16-15(20)12-7-6-11(10-17-12)14(19)18-24(21,22)13-5-4-9-23-13/h4-7,9-10H,2-3,8H2,1H3,(H,16,20)(H,18,19). The van der Waals surface area contributed by atoms with Gasteiger partial charge in [0.05, 0.1) is 5.56 Å². The SMILES string of the molecule is CCCCNC(=O)c1ccc(C(=O)NS(=O)(=O)c2cccs2)cn1. The van der Waals surface area contributed by atoms with Crippen molar-refractivity contribution in [3.8, 4) is 0 Å². The summed E-state index contributed by atoms with van der Waals surface area (Å²) in [4.78, 5) is 27.7. The highest BCUT2D eigenvalue weighted by Crippen LogP contribution is 2.15. The van der Waals surface area contributed by atoms with Crippen molar-refractivity contribution >= 4 is 33.2 Å². The van der Waals surface area contributed by atoms with Crippen LogP contribution >= 0.6 is 11.3 Å². The highest BCUT2D eigenvalue weighted by atomic mass is 32.2. The number of pyridine rings is 1. The van der Waals surface area contributed by atoms with E-state index in [1.807, 2.05) is 11.6 Å². The molecule has 9 heteroatoms. The number of amides is 2. The van der Waals surface area contributed by atoms with E-state index in [4.69, 9.17) is 0 Å². The zero-order valence-corrected chi connectivity index (χ0v) is 14.6. The van der Waals surface area contributed by atoms with E-state index in [2.05, 4.69) is 10.3 Å². The Morgan fingerprint density at radius 3 is 2.58 bits per heavy atom. The Morgan fingerprint density at radius 1 is 1.21 bits per heavy atom. The lowest BCUT2D eigenvalue weighted by atomic mass is 10.2. The third-order valence-electron chi connectivity index (χ3n) is 3.06. The van der Waals surface area contributed by atoms with Crippen molar-refractivity contribution in [1.29, 1.82) is 0 Å². The molecule has 128 valence electrons. The van der Waals surface area contributed by atoms with Crippen LogP contribution in [0.15, 0.2) is 40.1 Å². The first kappa shape index (κ1) is 18.1. The summed E-state index contributed by atoms with van der Waals surface area (Å²) in [5, 5.41) is 4.31. The number of sulfonamides is 1. The van der Waals surface area contributed by atoms with Gasteiger partial charge in [0, 0.05) is 12.7 Å². The molecule has 0 aliphatic carbocycles. The van der Waals surface area contributed by atoms with Gasteiger partial charge in [-0.3, -0.25) is 14.6 Å². The molecule has 0 aromatic carbocycles. The summed E-state index contributed by atoms with van der Waals surface area (Å²) >= 11 is 1.01. The van der Waals surface area contributed by atoms with Gasteiger partial charge in [-0.25, -0.2) is 13.1 Å². The Kier molecular flexibility index (Phi) is 6.04. The molecule has 2 N–H and O–H groups in total. The van der Waals surface area contributed by atoms with Gasteiger partial charge in [-0.15, -0.1) is 11.3 Å². The molecule has 0 fully saturated rings. The molecule has 2 aromatic heterocycles. The number of hydrogen-bond acceptors (Lipinski definition) is 6. The molecule has 0 spiro atoms. The fourth-order valence-electron chi connectivity index (χ4n) is 1.78. The molecule has 2 amide bonds. The van der Waals surface area contributed by atoms with Crippen LogP contribution < -0.4 is 10.0 Å². The molecule has 0 saturated carbocycles. The van der Waals surface area contributed by atoms with E-state index in [-0.39, 0.29) is 21.4 Å². The van der Waals surface area contributed by atoms with Crippen molar-refractivity contribution in [2.75, 3.05) is 6.54 Å². The number of nitrogens with zero attached hydrogens (tertiary/aromatic N) is 1. The van der Waals surface area contributed by atoms with E-state index in [9.17, 15) is 18.0 Å². The first-order chi connectivity index (χ1) is 11.4. The summed E-state index contributed by atoms with van der Waals surface area (Å²) in [5.41, 5.74) is 0.226. The van der Waals surface area contributed by atoms with Crippen LogP contribution in [0.3, 0.4) is 0 Å². The van der Waals surface area contributed by atoms with Gasteiger partial charge in [0.1, 0.15) is 9.90 Å². The van der Waals surface area contributed by atoms with Crippen LogP contribution in [0, 0.1) is 0 Å². The maximum absolute atomic E-state index is 12.0. The van der Waals surface area contributed by atoms with Crippen molar-refractivity contribution in [2.24, 2.45) is 0 Å². The quantitative estimate of drug-likeness (QED) is 0.726. The van der Waals surface area contributed by atoms with Crippen molar-refractivity contribution in [3.63, 3.8) is 0 Å². The number of rotatable bonds is 7. The maximum Gasteiger partial charge on any atom is 0.273 e. The lowest BCUT2D eigenvalue weighted by molar-refractivity contribution is 0.0943. The molecule has 7 nitrogen and oxygen atoms in total. The lowest BCUT2D eigenvalue weighted by Gasteiger charge is -2.06. The summed E-state index contributed by atoms with van der Waals surface area (Å²) in [7, 11) is -3.89. The smallest absolute Gasteiger partial charge is 0.273 e. The second-order valence-corrected chi connectivity index (χ2v) is 7.77. The molecular weight excluding hydrogens is 350 g/mol. The molecule has 0 radical (unpaired) electrons. The number of carbonyl (C=O) groups excluding carboxylic acids is 2. The molecule has 24 heavy (non-hydrogen) atoms. The zero-order chi connectivity index (χ0) is 17.6. The van der Waals surface area contributed by atoms with E-state index in [0.29, 0.717) is 6.54 Å². The van der Waals surface area contributed by atoms with Gasteiger partial charge < -0.3 is 5.32 Å². The Hall–Kier alpha value is -2.26. The van der Waals surface area contributed by atoms with Gasteiger partial charge in [-0.2, -0.15) is 0 Å².